The molecule has 0 unspecified atom stereocenters. The lowest BCUT2D eigenvalue weighted by atomic mass is 9.88. The summed E-state index contributed by atoms with van der Waals surface area (Å²) in [6.07, 6.45) is -4.11. The summed E-state index contributed by atoms with van der Waals surface area (Å²) >= 11 is 0. The van der Waals surface area contributed by atoms with Crippen molar-refractivity contribution < 1.29 is 35.5 Å². The predicted octanol–water partition coefficient (Wildman–Crippen LogP) is 7.81. The molecule has 220 valence electrons. The Kier molecular flexibility index (Phi) is 9.02. The van der Waals surface area contributed by atoms with E-state index in [-0.39, 0.29) is 17.7 Å². The number of aryl methyl sites for hydroxylation is 1. The molecule has 2 fully saturated rings. The van der Waals surface area contributed by atoms with Crippen LogP contribution < -0.4 is 0 Å². The summed E-state index contributed by atoms with van der Waals surface area (Å²) in [5.41, 5.74) is -1.66. The maximum atomic E-state index is 13.9. The van der Waals surface area contributed by atoms with E-state index in [1.165, 1.54) is 32.0 Å². The topological polar surface area (TPSA) is 26.8 Å². The van der Waals surface area contributed by atoms with Gasteiger partial charge in [0.15, 0.2) is 0 Å². The van der Waals surface area contributed by atoms with Gasteiger partial charge in [-0.05, 0) is 92.7 Å². The number of carbonyl (C=O) groups excluding carboxylic acids is 1. The highest BCUT2D eigenvalue weighted by atomic mass is 19.4. The molecule has 11 heteroatoms. The average molecular weight is 574 g/mol. The highest BCUT2D eigenvalue weighted by Gasteiger charge is 2.39. The van der Waals surface area contributed by atoms with Crippen molar-refractivity contribution in [3.63, 3.8) is 0 Å². The van der Waals surface area contributed by atoms with Gasteiger partial charge in [-0.2, -0.15) is 26.3 Å². The highest BCUT2D eigenvalue weighted by Crippen LogP contribution is 2.38. The van der Waals surface area contributed by atoms with Crippen LogP contribution in [0, 0.1) is 12.7 Å². The van der Waals surface area contributed by atoms with Crippen molar-refractivity contribution in [3.8, 4) is 0 Å². The molecule has 0 spiro atoms. The molecule has 2 atom stereocenters. The minimum Gasteiger partial charge on any atom is -0.323 e. The Bertz CT molecular complexity index is 1160. The second-order valence-corrected chi connectivity index (χ2v) is 10.9. The van der Waals surface area contributed by atoms with Gasteiger partial charge < -0.3 is 14.7 Å². The first kappa shape index (κ1) is 30.1. The number of alkyl halides is 6. The van der Waals surface area contributed by atoms with E-state index in [1.807, 2.05) is 0 Å². The summed E-state index contributed by atoms with van der Waals surface area (Å²) in [5.74, 6) is -0.402. The zero-order chi connectivity index (χ0) is 29.2. The Morgan fingerprint density at radius 1 is 0.900 bits per heavy atom. The van der Waals surface area contributed by atoms with Gasteiger partial charge in [-0.15, -0.1) is 0 Å². The maximum absolute atomic E-state index is 13.9. The molecular formula is C29H34F7N3O. The fourth-order valence-corrected chi connectivity index (χ4v) is 5.95. The van der Waals surface area contributed by atoms with Crippen molar-refractivity contribution >= 4 is 6.03 Å². The van der Waals surface area contributed by atoms with E-state index in [0.29, 0.717) is 37.1 Å². The van der Waals surface area contributed by atoms with Crippen LogP contribution >= 0.6 is 0 Å². The molecule has 40 heavy (non-hydrogen) atoms. The normalized spacial score (nSPS) is 21.3. The van der Waals surface area contributed by atoms with Crippen LogP contribution in [0.15, 0.2) is 36.4 Å². The van der Waals surface area contributed by atoms with Crippen LogP contribution in [-0.2, 0) is 18.9 Å². The zero-order valence-corrected chi connectivity index (χ0v) is 22.6. The van der Waals surface area contributed by atoms with E-state index in [9.17, 15) is 35.5 Å². The van der Waals surface area contributed by atoms with E-state index >= 15 is 0 Å². The van der Waals surface area contributed by atoms with Gasteiger partial charge in [-0.1, -0.05) is 18.9 Å². The first-order chi connectivity index (χ1) is 18.7. The molecule has 0 aliphatic carbocycles. The molecule has 0 N–H and O–H groups in total. The molecule has 2 aromatic carbocycles. The minimum absolute atomic E-state index is 0.0757. The first-order valence-corrected chi connectivity index (χ1v) is 13.5. The Balaban J connectivity index is 1.60. The number of amides is 2. The van der Waals surface area contributed by atoms with Gasteiger partial charge in [0, 0.05) is 26.2 Å². The molecule has 2 aliphatic heterocycles. The van der Waals surface area contributed by atoms with Gasteiger partial charge in [-0.25, -0.2) is 9.18 Å². The van der Waals surface area contributed by atoms with Crippen molar-refractivity contribution in [3.05, 3.63) is 70.0 Å². The molecule has 0 saturated carbocycles. The quantitative estimate of drug-likeness (QED) is 0.349. The van der Waals surface area contributed by atoms with Crippen LogP contribution in [0.5, 0.6) is 0 Å². The lowest BCUT2D eigenvalue weighted by Gasteiger charge is -2.45. The van der Waals surface area contributed by atoms with Gasteiger partial charge >= 0.3 is 18.4 Å². The molecule has 4 nitrogen and oxygen atoms in total. The molecule has 0 radical (unpaired) electrons. The second-order valence-electron chi connectivity index (χ2n) is 10.9. The molecule has 2 aliphatic rings. The summed E-state index contributed by atoms with van der Waals surface area (Å²) in [7, 11) is 1.37. The van der Waals surface area contributed by atoms with E-state index < -0.39 is 47.9 Å². The lowest BCUT2D eigenvalue weighted by molar-refractivity contribution is -0.143. The van der Waals surface area contributed by atoms with Crippen LogP contribution in [0.4, 0.5) is 35.5 Å². The first-order valence-electron chi connectivity index (χ1n) is 13.5. The van der Waals surface area contributed by atoms with Gasteiger partial charge in [-0.3, -0.25) is 0 Å². The fourth-order valence-electron chi connectivity index (χ4n) is 5.95. The Morgan fingerprint density at radius 3 is 2.05 bits per heavy atom. The molecule has 4 rings (SSSR count). The van der Waals surface area contributed by atoms with E-state index in [1.54, 1.807) is 17.9 Å². The molecule has 0 bridgehead atoms. The Morgan fingerprint density at radius 2 is 1.50 bits per heavy atom. The number of likely N-dealkylation sites (tertiary alicyclic amines) is 2. The number of benzene rings is 2. The number of piperidine rings is 1. The molecule has 2 amide bonds. The van der Waals surface area contributed by atoms with Crippen molar-refractivity contribution in [2.24, 2.45) is 0 Å². The van der Waals surface area contributed by atoms with Crippen LogP contribution in [0.3, 0.4) is 0 Å². The number of carbonyl (C=O) groups is 1. The number of nitrogens with zero attached hydrogens (tertiary/aromatic N) is 3. The van der Waals surface area contributed by atoms with Crippen LogP contribution in [-0.4, -0.2) is 53.5 Å². The maximum Gasteiger partial charge on any atom is 0.416 e. The Labute approximate surface area is 229 Å². The summed E-state index contributed by atoms with van der Waals surface area (Å²) in [5, 5.41) is 0. The standard InChI is InChI=1S/C29H34F7N3O/c1-19-13-23(30)7-8-25(19)26-17-24(38-10-5-3-4-6-11-38)9-12-39(26)27(40)37(2)18-20-14-21(28(31,32)33)16-22(15-20)29(34,35)36/h7-8,13-16,24,26H,3-6,9-12,17-18H2,1-2H3/t24-,26-/m0/s1. The molecule has 2 heterocycles. The van der Waals surface area contributed by atoms with Gasteiger partial charge in [0.2, 0.25) is 0 Å². The SMILES string of the molecule is Cc1cc(F)ccc1[C@@H]1C[C@@H](N2CCCCCC2)CCN1C(=O)N(C)Cc1cc(C(F)(F)F)cc(C(F)(F)F)c1. The second kappa shape index (κ2) is 12.0. The third-order valence-corrected chi connectivity index (χ3v) is 7.96. The zero-order valence-electron chi connectivity index (χ0n) is 22.6. The molecular weight excluding hydrogens is 539 g/mol. The third kappa shape index (κ3) is 7.08. The van der Waals surface area contributed by atoms with Crippen LogP contribution in [0.25, 0.3) is 0 Å². The number of urea groups is 1. The summed E-state index contributed by atoms with van der Waals surface area (Å²) in [4.78, 5) is 18.9. The van der Waals surface area contributed by atoms with E-state index in [0.717, 1.165) is 36.4 Å². The van der Waals surface area contributed by atoms with Crippen molar-refractivity contribution in [1.29, 1.82) is 0 Å². The number of rotatable bonds is 4. The number of hydrogen-bond donors (Lipinski definition) is 0. The summed E-state index contributed by atoms with van der Waals surface area (Å²) < 4.78 is 94.1. The van der Waals surface area contributed by atoms with Crippen LogP contribution in [0.2, 0.25) is 0 Å². The molecule has 0 aromatic heterocycles. The lowest BCUT2D eigenvalue weighted by Crippen LogP contribution is -2.51. The summed E-state index contributed by atoms with van der Waals surface area (Å²) in [6, 6.07) is 5.05. The average Bonchev–Trinajstić information content (AvgIpc) is 3.16. The van der Waals surface area contributed by atoms with Gasteiger partial charge in [0.1, 0.15) is 5.82 Å². The van der Waals surface area contributed by atoms with E-state index in [2.05, 4.69) is 4.90 Å². The van der Waals surface area contributed by atoms with Gasteiger partial charge in [0.25, 0.3) is 0 Å². The van der Waals surface area contributed by atoms with Crippen molar-refractivity contribution in [2.75, 3.05) is 26.7 Å². The largest absolute Gasteiger partial charge is 0.416 e. The third-order valence-electron chi connectivity index (χ3n) is 7.96. The van der Waals surface area contributed by atoms with Gasteiger partial charge in [0.05, 0.1) is 17.2 Å². The number of halogens is 7. The minimum atomic E-state index is -4.97. The fraction of sp³-hybridized carbons (Fsp3) is 0.552. The number of hydrogen-bond acceptors (Lipinski definition) is 2. The smallest absolute Gasteiger partial charge is 0.323 e. The molecule has 2 saturated heterocycles. The van der Waals surface area contributed by atoms with Crippen LogP contribution in [0.1, 0.15) is 72.4 Å². The summed E-state index contributed by atoms with van der Waals surface area (Å²) in [6.45, 7) is 3.62. The molecule has 2 aromatic rings. The Hall–Kier alpha value is -2.82. The van der Waals surface area contributed by atoms with E-state index in [4.69, 9.17) is 0 Å². The highest BCUT2D eigenvalue weighted by molar-refractivity contribution is 5.75. The monoisotopic (exact) mass is 573 g/mol. The van der Waals surface area contributed by atoms with Crippen molar-refractivity contribution in [1.82, 2.24) is 14.7 Å². The van der Waals surface area contributed by atoms with Crippen molar-refractivity contribution in [2.45, 2.75) is 76.4 Å². The predicted molar refractivity (Wildman–Crippen MR) is 137 cm³/mol.